The lowest BCUT2D eigenvalue weighted by Gasteiger charge is -2.32. The van der Waals surface area contributed by atoms with Crippen LogP contribution in [0.5, 0.6) is 5.75 Å². The quantitative estimate of drug-likeness (QED) is 0.337. The lowest BCUT2D eigenvalue weighted by atomic mass is 10.0. The normalized spacial score (nSPS) is 11.5. The first kappa shape index (κ1) is 24.2. The van der Waals surface area contributed by atoms with Crippen molar-refractivity contribution in [2.75, 3.05) is 12.0 Å². The van der Waals surface area contributed by atoms with Crippen LogP contribution in [0, 0.1) is 5.82 Å². The third kappa shape index (κ3) is 6.13. The summed E-state index contributed by atoms with van der Waals surface area (Å²) < 4.78 is 19.1. The Hall–Kier alpha value is -3.97. The lowest BCUT2D eigenvalue weighted by Crippen LogP contribution is -2.44. The average Bonchev–Trinajstić information content (AvgIpc) is 3.40. The van der Waals surface area contributed by atoms with Crippen LogP contribution in [0.2, 0.25) is 0 Å². The van der Waals surface area contributed by atoms with Gasteiger partial charge >= 0.3 is 0 Å². The highest BCUT2D eigenvalue weighted by Crippen LogP contribution is 2.31. The number of rotatable bonds is 9. The van der Waals surface area contributed by atoms with Crippen molar-refractivity contribution in [3.05, 3.63) is 118 Å². The van der Waals surface area contributed by atoms with Crippen LogP contribution >= 0.6 is 11.3 Å². The van der Waals surface area contributed by atoms with Crippen molar-refractivity contribution in [2.45, 2.75) is 19.0 Å². The van der Waals surface area contributed by atoms with Gasteiger partial charge in [-0.2, -0.15) is 0 Å². The molecule has 4 aromatic rings. The van der Waals surface area contributed by atoms with E-state index in [4.69, 9.17) is 4.74 Å². The smallest absolute Gasteiger partial charge is 0.248 e. The highest BCUT2D eigenvalue weighted by Gasteiger charge is 2.33. The molecule has 0 aliphatic heterocycles. The molecule has 35 heavy (non-hydrogen) atoms. The number of nitrogens with zero attached hydrogens (tertiary/aromatic N) is 1. The molecule has 0 saturated heterocycles. The van der Waals surface area contributed by atoms with Gasteiger partial charge in [-0.1, -0.05) is 54.6 Å². The number of hydrogen-bond acceptors (Lipinski definition) is 4. The first-order valence-electron chi connectivity index (χ1n) is 11.1. The Labute approximate surface area is 207 Å². The number of ether oxygens (including phenoxy) is 1. The summed E-state index contributed by atoms with van der Waals surface area (Å²) in [6, 6.07) is 24.9. The molecule has 0 aliphatic rings. The number of amides is 2. The standard InChI is InChI=1S/C28H25FN2O3S/c1-34-24-10-5-9-23(17-24)31(26(32)18-25-11-6-16-35-25)27(21-12-14-22(29)15-13-21)28(33)30-19-20-7-3-2-4-8-20/h2-17,27H,18-19H2,1H3,(H,30,33). The monoisotopic (exact) mass is 488 g/mol. The molecule has 7 heteroatoms. The third-order valence-corrected chi connectivity index (χ3v) is 6.38. The predicted octanol–water partition coefficient (Wildman–Crippen LogP) is 5.53. The van der Waals surface area contributed by atoms with Gasteiger partial charge < -0.3 is 10.1 Å². The predicted molar refractivity (Wildman–Crippen MR) is 136 cm³/mol. The van der Waals surface area contributed by atoms with Crippen LogP contribution in [0.4, 0.5) is 10.1 Å². The summed E-state index contributed by atoms with van der Waals surface area (Å²) in [7, 11) is 1.54. The zero-order chi connectivity index (χ0) is 24.6. The molecule has 0 fully saturated rings. The van der Waals surface area contributed by atoms with E-state index in [0.29, 0.717) is 23.5 Å². The molecule has 2 amide bonds. The number of anilines is 1. The van der Waals surface area contributed by atoms with E-state index in [-0.39, 0.29) is 18.2 Å². The summed E-state index contributed by atoms with van der Waals surface area (Å²) in [5.74, 6) is -0.498. The first-order chi connectivity index (χ1) is 17.0. The highest BCUT2D eigenvalue weighted by molar-refractivity contribution is 7.10. The number of thiophene rings is 1. The van der Waals surface area contributed by atoms with Gasteiger partial charge in [0, 0.05) is 23.2 Å². The highest BCUT2D eigenvalue weighted by atomic mass is 32.1. The van der Waals surface area contributed by atoms with Crippen LogP contribution in [-0.2, 0) is 22.6 Å². The van der Waals surface area contributed by atoms with E-state index >= 15 is 0 Å². The zero-order valence-electron chi connectivity index (χ0n) is 19.2. The van der Waals surface area contributed by atoms with Gasteiger partial charge in [0.15, 0.2) is 0 Å². The number of halogens is 1. The molecule has 1 aromatic heterocycles. The van der Waals surface area contributed by atoms with E-state index < -0.39 is 11.9 Å². The summed E-state index contributed by atoms with van der Waals surface area (Å²) >= 11 is 1.47. The SMILES string of the molecule is COc1cccc(N(C(=O)Cc2cccs2)C(C(=O)NCc2ccccc2)c2ccc(F)cc2)c1. The minimum atomic E-state index is -1.01. The van der Waals surface area contributed by atoms with E-state index in [1.54, 1.807) is 31.4 Å². The van der Waals surface area contributed by atoms with Crippen LogP contribution in [0.15, 0.2) is 96.4 Å². The lowest BCUT2D eigenvalue weighted by molar-refractivity contribution is -0.126. The molecule has 0 aliphatic carbocycles. The largest absolute Gasteiger partial charge is 0.497 e. The van der Waals surface area contributed by atoms with Crippen molar-refractivity contribution in [1.29, 1.82) is 0 Å². The van der Waals surface area contributed by atoms with Crippen LogP contribution in [0.25, 0.3) is 0 Å². The maximum absolute atomic E-state index is 13.8. The molecular formula is C28H25FN2O3S. The molecule has 1 atom stereocenters. The Bertz CT molecular complexity index is 1260. The molecule has 1 heterocycles. The van der Waals surface area contributed by atoms with Crippen molar-refractivity contribution in [1.82, 2.24) is 5.32 Å². The molecule has 3 aromatic carbocycles. The van der Waals surface area contributed by atoms with Crippen molar-refractivity contribution in [3.63, 3.8) is 0 Å². The summed E-state index contributed by atoms with van der Waals surface area (Å²) in [5.41, 5.74) is 1.94. The second-order valence-corrected chi connectivity index (χ2v) is 8.91. The molecule has 1 N–H and O–H groups in total. The zero-order valence-corrected chi connectivity index (χ0v) is 20.0. The second kappa shape index (κ2) is 11.4. The summed E-state index contributed by atoms with van der Waals surface area (Å²) in [6.07, 6.45) is 0.124. The van der Waals surface area contributed by atoms with Gasteiger partial charge in [-0.25, -0.2) is 4.39 Å². The van der Waals surface area contributed by atoms with E-state index in [2.05, 4.69) is 5.32 Å². The Morgan fingerprint density at radius 1 is 0.971 bits per heavy atom. The molecule has 0 bridgehead atoms. The molecule has 1 unspecified atom stereocenters. The molecular weight excluding hydrogens is 463 g/mol. The van der Waals surface area contributed by atoms with Gasteiger partial charge in [0.25, 0.3) is 0 Å². The van der Waals surface area contributed by atoms with Gasteiger partial charge in [-0.05, 0) is 46.8 Å². The van der Waals surface area contributed by atoms with Crippen molar-refractivity contribution in [2.24, 2.45) is 0 Å². The Morgan fingerprint density at radius 3 is 2.43 bits per heavy atom. The fourth-order valence-electron chi connectivity index (χ4n) is 3.79. The van der Waals surface area contributed by atoms with Crippen LogP contribution in [-0.4, -0.2) is 18.9 Å². The second-order valence-electron chi connectivity index (χ2n) is 7.88. The number of carbonyl (C=O) groups excluding carboxylic acids is 2. The van der Waals surface area contributed by atoms with Gasteiger partial charge in [-0.15, -0.1) is 11.3 Å². The van der Waals surface area contributed by atoms with Gasteiger partial charge in [0.05, 0.1) is 13.5 Å². The van der Waals surface area contributed by atoms with Crippen molar-refractivity contribution >= 4 is 28.8 Å². The van der Waals surface area contributed by atoms with Crippen molar-refractivity contribution in [3.8, 4) is 5.75 Å². The maximum Gasteiger partial charge on any atom is 0.248 e. The Kier molecular flexibility index (Phi) is 7.90. The summed E-state index contributed by atoms with van der Waals surface area (Å²) in [6.45, 7) is 0.294. The van der Waals surface area contributed by atoms with E-state index in [0.717, 1.165) is 10.4 Å². The van der Waals surface area contributed by atoms with Gasteiger partial charge in [-0.3, -0.25) is 14.5 Å². The molecule has 0 spiro atoms. The Morgan fingerprint density at radius 2 is 1.74 bits per heavy atom. The van der Waals surface area contributed by atoms with Crippen molar-refractivity contribution < 1.29 is 18.7 Å². The molecule has 0 radical (unpaired) electrons. The molecule has 5 nitrogen and oxygen atoms in total. The van der Waals surface area contributed by atoms with Crippen LogP contribution in [0.1, 0.15) is 22.0 Å². The number of nitrogens with one attached hydrogen (secondary N) is 1. The minimum absolute atomic E-state index is 0.124. The summed E-state index contributed by atoms with van der Waals surface area (Å²) in [5, 5.41) is 4.85. The number of methoxy groups -OCH3 is 1. The third-order valence-electron chi connectivity index (χ3n) is 5.51. The van der Waals surface area contributed by atoms with E-state index in [1.165, 1.54) is 40.5 Å². The molecule has 0 saturated carbocycles. The number of benzene rings is 3. The topological polar surface area (TPSA) is 58.6 Å². The van der Waals surface area contributed by atoms with E-state index in [1.807, 2.05) is 47.8 Å². The minimum Gasteiger partial charge on any atom is -0.497 e. The summed E-state index contributed by atoms with van der Waals surface area (Å²) in [4.78, 5) is 29.7. The van der Waals surface area contributed by atoms with E-state index in [9.17, 15) is 14.0 Å². The number of carbonyl (C=O) groups is 2. The fraction of sp³-hybridized carbons (Fsp3) is 0.143. The van der Waals surface area contributed by atoms with Gasteiger partial charge in [0.1, 0.15) is 17.6 Å². The average molecular weight is 489 g/mol. The fourth-order valence-corrected chi connectivity index (χ4v) is 4.49. The number of hydrogen-bond donors (Lipinski definition) is 1. The molecule has 178 valence electrons. The van der Waals surface area contributed by atoms with Crippen LogP contribution in [0.3, 0.4) is 0 Å². The molecule has 4 rings (SSSR count). The Balaban J connectivity index is 1.75. The van der Waals surface area contributed by atoms with Crippen LogP contribution < -0.4 is 15.0 Å². The maximum atomic E-state index is 13.8. The van der Waals surface area contributed by atoms with Gasteiger partial charge in [0.2, 0.25) is 11.8 Å². The first-order valence-corrected chi connectivity index (χ1v) is 12.0.